The minimum absolute atomic E-state index is 0.185. The first-order valence-electron chi connectivity index (χ1n) is 10.1. The smallest absolute Gasteiger partial charge is 0.410 e. The SMILES string of the molecule is CC(C)(C)OC(=O)N1C[C@@H](CO)O[C@H](c2cc(Cl)nc(Br)c2)C1.CNC(=O)c1ccncn1. The number of ether oxygens (including phenoxy) is 2. The Hall–Kier alpha value is -2.34. The summed E-state index contributed by atoms with van der Waals surface area (Å²) in [6.45, 7) is 5.85. The molecule has 180 valence electrons. The normalized spacial score (nSPS) is 18.1. The highest BCUT2D eigenvalue weighted by molar-refractivity contribution is 9.10. The van der Waals surface area contributed by atoms with Crippen molar-refractivity contribution in [1.29, 1.82) is 0 Å². The summed E-state index contributed by atoms with van der Waals surface area (Å²) >= 11 is 9.26. The fourth-order valence-corrected chi connectivity index (χ4v) is 3.60. The van der Waals surface area contributed by atoms with Crippen LogP contribution in [0.4, 0.5) is 4.79 Å². The van der Waals surface area contributed by atoms with E-state index in [1.165, 1.54) is 12.5 Å². The molecule has 2 aromatic heterocycles. The van der Waals surface area contributed by atoms with Crippen LogP contribution in [0, 0.1) is 0 Å². The number of pyridine rings is 1. The van der Waals surface area contributed by atoms with E-state index in [1.54, 1.807) is 30.1 Å². The van der Waals surface area contributed by atoms with Crippen molar-refractivity contribution in [2.24, 2.45) is 0 Å². The predicted molar refractivity (Wildman–Crippen MR) is 125 cm³/mol. The highest BCUT2D eigenvalue weighted by Crippen LogP contribution is 2.29. The molecule has 0 unspecified atom stereocenters. The fourth-order valence-electron chi connectivity index (χ4n) is 2.82. The minimum Gasteiger partial charge on any atom is -0.444 e. The number of rotatable bonds is 3. The van der Waals surface area contributed by atoms with E-state index in [1.807, 2.05) is 20.8 Å². The van der Waals surface area contributed by atoms with Crippen LogP contribution in [0.15, 0.2) is 35.3 Å². The lowest BCUT2D eigenvalue weighted by Crippen LogP contribution is -2.49. The van der Waals surface area contributed by atoms with Crippen LogP contribution in [0.1, 0.15) is 42.9 Å². The van der Waals surface area contributed by atoms with Gasteiger partial charge in [0.1, 0.15) is 33.5 Å². The maximum atomic E-state index is 12.3. The number of halogens is 2. The lowest BCUT2D eigenvalue weighted by molar-refractivity contribution is -0.104. The maximum Gasteiger partial charge on any atom is 0.410 e. The molecular weight excluding hydrogens is 518 g/mol. The molecule has 0 aliphatic carbocycles. The van der Waals surface area contributed by atoms with Crippen molar-refractivity contribution in [3.05, 3.63) is 51.7 Å². The second-order valence-corrected chi connectivity index (χ2v) is 9.23. The summed E-state index contributed by atoms with van der Waals surface area (Å²) in [5.41, 5.74) is 0.587. The molecule has 1 fully saturated rings. The van der Waals surface area contributed by atoms with Crippen molar-refractivity contribution in [2.75, 3.05) is 26.7 Å². The second-order valence-electron chi connectivity index (χ2n) is 8.03. The average molecular weight is 545 g/mol. The number of aliphatic hydroxyl groups excluding tert-OH is 1. The van der Waals surface area contributed by atoms with Gasteiger partial charge in [-0.15, -0.1) is 0 Å². The van der Waals surface area contributed by atoms with Crippen molar-refractivity contribution in [3.63, 3.8) is 0 Å². The quantitative estimate of drug-likeness (QED) is 0.565. The number of morpholine rings is 1. The molecule has 0 bridgehead atoms. The van der Waals surface area contributed by atoms with Crippen LogP contribution in [0.5, 0.6) is 0 Å². The number of carbonyl (C=O) groups is 2. The van der Waals surface area contributed by atoms with Gasteiger partial charge in [-0.3, -0.25) is 4.79 Å². The molecule has 10 nitrogen and oxygen atoms in total. The van der Waals surface area contributed by atoms with E-state index in [0.717, 1.165) is 5.56 Å². The first-order chi connectivity index (χ1) is 15.5. The van der Waals surface area contributed by atoms with Gasteiger partial charge in [0.15, 0.2) is 0 Å². The summed E-state index contributed by atoms with van der Waals surface area (Å²) in [7, 11) is 1.56. The van der Waals surface area contributed by atoms with Gasteiger partial charge in [-0.05, 0) is 60.5 Å². The molecule has 3 rings (SSSR count). The van der Waals surface area contributed by atoms with Gasteiger partial charge >= 0.3 is 6.09 Å². The summed E-state index contributed by atoms with van der Waals surface area (Å²) in [5.74, 6) is -0.192. The Labute approximate surface area is 205 Å². The molecule has 2 atom stereocenters. The molecule has 2 amide bonds. The molecule has 0 radical (unpaired) electrons. The Morgan fingerprint density at radius 1 is 1.36 bits per heavy atom. The van der Waals surface area contributed by atoms with Gasteiger partial charge in [0.05, 0.1) is 25.8 Å². The second kappa shape index (κ2) is 12.2. The number of aliphatic hydroxyl groups is 1. The summed E-state index contributed by atoms with van der Waals surface area (Å²) in [6, 6.07) is 5.02. The molecule has 1 aliphatic heterocycles. The van der Waals surface area contributed by atoms with Crippen LogP contribution >= 0.6 is 27.5 Å². The van der Waals surface area contributed by atoms with Crippen LogP contribution in [-0.2, 0) is 9.47 Å². The number of hydrogen-bond donors (Lipinski definition) is 2. The van der Waals surface area contributed by atoms with Crippen LogP contribution in [0.3, 0.4) is 0 Å². The average Bonchev–Trinajstić information content (AvgIpc) is 2.77. The van der Waals surface area contributed by atoms with Crippen LogP contribution < -0.4 is 5.32 Å². The Morgan fingerprint density at radius 3 is 2.64 bits per heavy atom. The van der Waals surface area contributed by atoms with Crippen molar-refractivity contribution >= 4 is 39.5 Å². The Bertz CT molecular complexity index is 924. The Balaban J connectivity index is 0.000000321. The van der Waals surface area contributed by atoms with Gasteiger partial charge in [0, 0.05) is 13.2 Å². The highest BCUT2D eigenvalue weighted by atomic mass is 79.9. The minimum atomic E-state index is -0.581. The van der Waals surface area contributed by atoms with Crippen molar-refractivity contribution in [1.82, 2.24) is 25.2 Å². The zero-order valence-electron chi connectivity index (χ0n) is 18.8. The van der Waals surface area contributed by atoms with Gasteiger partial charge in [0.2, 0.25) is 0 Å². The van der Waals surface area contributed by atoms with Gasteiger partial charge in [-0.1, -0.05) is 11.6 Å². The lowest BCUT2D eigenvalue weighted by atomic mass is 10.1. The molecule has 2 aromatic rings. The zero-order chi connectivity index (χ0) is 24.6. The maximum absolute atomic E-state index is 12.3. The molecule has 0 aromatic carbocycles. The van der Waals surface area contributed by atoms with Crippen molar-refractivity contribution < 1.29 is 24.2 Å². The van der Waals surface area contributed by atoms with Crippen molar-refractivity contribution in [2.45, 2.75) is 38.6 Å². The third-order valence-electron chi connectivity index (χ3n) is 4.22. The predicted octanol–water partition coefficient (Wildman–Crippen LogP) is 3.00. The Kier molecular flexibility index (Phi) is 9.96. The monoisotopic (exact) mass is 543 g/mol. The number of amides is 2. The lowest BCUT2D eigenvalue weighted by Gasteiger charge is -2.38. The topological polar surface area (TPSA) is 127 Å². The van der Waals surface area contributed by atoms with Gasteiger partial charge in [0.25, 0.3) is 5.91 Å². The van der Waals surface area contributed by atoms with Crippen LogP contribution in [0.2, 0.25) is 5.15 Å². The third kappa shape index (κ3) is 8.84. The molecule has 2 N–H and O–H groups in total. The van der Waals surface area contributed by atoms with E-state index in [-0.39, 0.29) is 19.1 Å². The van der Waals surface area contributed by atoms with E-state index in [4.69, 9.17) is 21.1 Å². The molecule has 12 heteroatoms. The zero-order valence-corrected chi connectivity index (χ0v) is 21.1. The summed E-state index contributed by atoms with van der Waals surface area (Å²) < 4.78 is 11.8. The molecule has 3 heterocycles. The van der Waals surface area contributed by atoms with E-state index < -0.39 is 23.9 Å². The van der Waals surface area contributed by atoms with Crippen LogP contribution in [0.25, 0.3) is 0 Å². The van der Waals surface area contributed by atoms with Crippen molar-refractivity contribution in [3.8, 4) is 0 Å². The first-order valence-corrected chi connectivity index (χ1v) is 11.2. The van der Waals surface area contributed by atoms with Gasteiger partial charge < -0.3 is 24.8 Å². The summed E-state index contributed by atoms with van der Waals surface area (Å²) in [5, 5.41) is 12.2. The first kappa shape index (κ1) is 26.9. The molecule has 0 saturated carbocycles. The van der Waals surface area contributed by atoms with E-state index >= 15 is 0 Å². The number of nitrogens with one attached hydrogen (secondary N) is 1. The summed E-state index contributed by atoms with van der Waals surface area (Å²) in [6.07, 6.45) is 1.54. The Morgan fingerprint density at radius 2 is 2.09 bits per heavy atom. The molecule has 1 aliphatic rings. The highest BCUT2D eigenvalue weighted by Gasteiger charge is 2.33. The summed E-state index contributed by atoms with van der Waals surface area (Å²) in [4.78, 5) is 36.1. The number of carbonyl (C=O) groups excluding carboxylic acids is 2. The van der Waals surface area contributed by atoms with E-state index in [0.29, 0.717) is 22.0 Å². The molecule has 1 saturated heterocycles. The van der Waals surface area contributed by atoms with E-state index in [2.05, 4.69) is 36.2 Å². The molecule has 33 heavy (non-hydrogen) atoms. The standard InChI is InChI=1S/C15H20BrClN2O4.C6H7N3O/c1-15(2,3)23-14(21)19-6-10(8-20)22-11(7-19)9-4-12(16)18-13(17)5-9;1-7-6(10)5-2-3-8-4-9-5/h4-5,10-11,20H,6-8H2,1-3H3;2-4H,1H3,(H,7,10)/t10-,11-;/m0./s1. The largest absolute Gasteiger partial charge is 0.444 e. The number of hydrogen-bond acceptors (Lipinski definition) is 8. The molecular formula is C21H27BrClN5O5. The van der Waals surface area contributed by atoms with Gasteiger partial charge in [-0.2, -0.15) is 0 Å². The van der Waals surface area contributed by atoms with E-state index in [9.17, 15) is 14.7 Å². The number of aromatic nitrogens is 3. The van der Waals surface area contributed by atoms with Crippen LogP contribution in [-0.4, -0.2) is 75.4 Å². The van der Waals surface area contributed by atoms with Gasteiger partial charge in [-0.25, -0.2) is 19.7 Å². The fraction of sp³-hybridized carbons (Fsp3) is 0.476. The third-order valence-corrected chi connectivity index (χ3v) is 4.82. The molecule has 0 spiro atoms. The number of nitrogens with zero attached hydrogens (tertiary/aromatic N) is 4.